The Morgan fingerprint density at radius 1 is 1.62 bits per heavy atom. The Kier molecular flexibility index (Phi) is 4.73. The summed E-state index contributed by atoms with van der Waals surface area (Å²) >= 11 is 1.54. The number of hydrogen-bond acceptors (Lipinski definition) is 3. The van der Waals surface area contributed by atoms with Gasteiger partial charge in [0.15, 0.2) is 5.13 Å². The molecule has 0 aliphatic carbocycles. The molecule has 0 aromatic carbocycles. The van der Waals surface area contributed by atoms with Crippen LogP contribution in [0.5, 0.6) is 0 Å². The minimum absolute atomic E-state index is 0.418. The smallest absolute Gasteiger partial charge is 0.321 e. The van der Waals surface area contributed by atoms with Gasteiger partial charge in [0.05, 0.1) is 0 Å². The second-order valence-electron chi connectivity index (χ2n) is 4.04. The predicted octanol–water partition coefficient (Wildman–Crippen LogP) is 2.95. The number of carbonyl (C=O) groups excluding carboxylic acids is 1. The third-order valence-corrected chi connectivity index (χ3v) is 3.63. The van der Waals surface area contributed by atoms with E-state index in [-0.39, 0.29) is 0 Å². The van der Waals surface area contributed by atoms with Gasteiger partial charge in [0.25, 0.3) is 0 Å². The van der Waals surface area contributed by atoms with Gasteiger partial charge in [0.1, 0.15) is 0 Å². The van der Waals surface area contributed by atoms with Gasteiger partial charge >= 0.3 is 6.03 Å². The predicted molar refractivity (Wildman–Crippen MR) is 68.0 cm³/mol. The second kappa shape index (κ2) is 5.84. The minimum atomic E-state index is -0.418. The van der Waals surface area contributed by atoms with Gasteiger partial charge in [-0.15, -0.1) is 11.3 Å². The highest BCUT2D eigenvalue weighted by molar-refractivity contribution is 7.15. The van der Waals surface area contributed by atoms with Gasteiger partial charge in [-0.1, -0.05) is 27.2 Å². The molecule has 1 aromatic rings. The van der Waals surface area contributed by atoms with Crippen LogP contribution in [-0.2, 0) is 0 Å². The van der Waals surface area contributed by atoms with E-state index in [0.717, 1.165) is 12.8 Å². The first-order chi connectivity index (χ1) is 7.56. The van der Waals surface area contributed by atoms with Crippen LogP contribution in [0, 0.1) is 0 Å². The largest absolute Gasteiger partial charge is 0.351 e. The molecule has 4 nitrogen and oxygen atoms in total. The fraction of sp³-hybridized carbons (Fsp3) is 0.636. The van der Waals surface area contributed by atoms with Crippen LogP contribution in [0.25, 0.3) is 0 Å². The average molecular weight is 241 g/mol. The summed E-state index contributed by atoms with van der Waals surface area (Å²) in [6.07, 6.45) is 3.80. The van der Waals surface area contributed by atoms with E-state index in [9.17, 15) is 4.79 Å². The van der Waals surface area contributed by atoms with Gasteiger partial charge in [-0.3, -0.25) is 4.90 Å². The van der Waals surface area contributed by atoms with E-state index in [1.165, 1.54) is 4.88 Å². The van der Waals surface area contributed by atoms with Crippen LogP contribution in [-0.4, -0.2) is 17.6 Å². The van der Waals surface area contributed by atoms with Crippen LogP contribution in [0.3, 0.4) is 0 Å². The fourth-order valence-electron chi connectivity index (χ4n) is 1.28. The third-order valence-electron chi connectivity index (χ3n) is 2.31. The van der Waals surface area contributed by atoms with E-state index in [2.05, 4.69) is 25.8 Å². The summed E-state index contributed by atoms with van der Waals surface area (Å²) in [7, 11) is 0. The molecule has 5 heteroatoms. The molecule has 1 heterocycles. The normalized spacial score (nSPS) is 10.8. The Morgan fingerprint density at radius 3 is 2.75 bits per heavy atom. The quantitative estimate of drug-likeness (QED) is 0.861. The van der Waals surface area contributed by atoms with Crippen molar-refractivity contribution >= 4 is 22.5 Å². The number of thiazole rings is 1. The van der Waals surface area contributed by atoms with Gasteiger partial charge in [0.2, 0.25) is 0 Å². The lowest BCUT2D eigenvalue weighted by atomic mass is 10.2. The molecular weight excluding hydrogens is 222 g/mol. The average Bonchev–Trinajstić information content (AvgIpc) is 2.67. The van der Waals surface area contributed by atoms with E-state index < -0.39 is 6.03 Å². The Labute approximate surface area is 100 Å². The number of unbranched alkanes of at least 4 members (excludes halogenated alkanes) is 1. The van der Waals surface area contributed by atoms with Crippen molar-refractivity contribution in [1.29, 1.82) is 0 Å². The maximum Gasteiger partial charge on any atom is 0.321 e. The number of amides is 2. The summed E-state index contributed by atoms with van der Waals surface area (Å²) in [5.41, 5.74) is 5.35. The summed E-state index contributed by atoms with van der Waals surface area (Å²) in [6.45, 7) is 6.95. The first-order valence-electron chi connectivity index (χ1n) is 5.59. The molecule has 0 atom stereocenters. The summed E-state index contributed by atoms with van der Waals surface area (Å²) in [5, 5.41) is 0.713. The molecule has 1 aromatic heterocycles. The van der Waals surface area contributed by atoms with Crippen molar-refractivity contribution in [2.24, 2.45) is 5.73 Å². The number of anilines is 1. The summed E-state index contributed by atoms with van der Waals surface area (Å²) in [6, 6.07) is -0.418. The lowest BCUT2D eigenvalue weighted by molar-refractivity contribution is 0.254. The van der Waals surface area contributed by atoms with Crippen molar-refractivity contribution < 1.29 is 4.79 Å². The number of rotatable bonds is 5. The molecular formula is C11H19N3OS. The van der Waals surface area contributed by atoms with Gasteiger partial charge < -0.3 is 5.73 Å². The molecule has 0 radical (unpaired) electrons. The highest BCUT2D eigenvalue weighted by Crippen LogP contribution is 2.28. The van der Waals surface area contributed by atoms with Crippen molar-refractivity contribution in [2.75, 3.05) is 11.4 Å². The number of aromatic nitrogens is 1. The number of urea groups is 1. The zero-order valence-electron chi connectivity index (χ0n) is 10.1. The van der Waals surface area contributed by atoms with Crippen LogP contribution in [0.15, 0.2) is 6.20 Å². The maximum atomic E-state index is 11.3. The molecule has 2 amide bonds. The van der Waals surface area contributed by atoms with Gasteiger partial charge in [-0.2, -0.15) is 0 Å². The molecule has 16 heavy (non-hydrogen) atoms. The lowest BCUT2D eigenvalue weighted by Gasteiger charge is -2.16. The van der Waals surface area contributed by atoms with Crippen molar-refractivity contribution in [2.45, 2.75) is 39.5 Å². The molecule has 0 unspecified atom stereocenters. The fourth-order valence-corrected chi connectivity index (χ4v) is 2.23. The molecule has 0 aliphatic rings. The Bertz CT molecular complexity index is 349. The molecule has 90 valence electrons. The van der Waals surface area contributed by atoms with Crippen LogP contribution >= 0.6 is 11.3 Å². The summed E-state index contributed by atoms with van der Waals surface area (Å²) in [4.78, 5) is 18.3. The Hall–Kier alpha value is -1.10. The molecule has 0 bridgehead atoms. The molecule has 0 spiro atoms. The molecule has 2 N–H and O–H groups in total. The second-order valence-corrected chi connectivity index (χ2v) is 5.08. The van der Waals surface area contributed by atoms with E-state index >= 15 is 0 Å². The topological polar surface area (TPSA) is 59.2 Å². The zero-order valence-corrected chi connectivity index (χ0v) is 10.9. The molecule has 1 rings (SSSR count). The minimum Gasteiger partial charge on any atom is -0.351 e. The SMILES string of the molecule is CCCCN(C(N)=O)c1ncc(C(C)C)s1. The molecule has 0 saturated heterocycles. The zero-order chi connectivity index (χ0) is 12.1. The van der Waals surface area contributed by atoms with E-state index in [1.807, 2.05) is 6.20 Å². The highest BCUT2D eigenvalue weighted by atomic mass is 32.1. The lowest BCUT2D eigenvalue weighted by Crippen LogP contribution is -2.36. The van der Waals surface area contributed by atoms with Crippen LogP contribution in [0.1, 0.15) is 44.4 Å². The monoisotopic (exact) mass is 241 g/mol. The van der Waals surface area contributed by atoms with Crippen LogP contribution < -0.4 is 10.6 Å². The van der Waals surface area contributed by atoms with Crippen LogP contribution in [0.2, 0.25) is 0 Å². The van der Waals surface area contributed by atoms with E-state index in [4.69, 9.17) is 5.73 Å². The standard InChI is InChI=1S/C11H19N3OS/c1-4-5-6-14(10(12)15)11-13-7-9(16-11)8(2)3/h7-8H,4-6H2,1-3H3,(H2,12,15). The molecule has 0 fully saturated rings. The molecule has 0 saturated carbocycles. The third kappa shape index (κ3) is 3.20. The van der Waals surface area contributed by atoms with Gasteiger partial charge in [-0.05, 0) is 12.3 Å². The van der Waals surface area contributed by atoms with Gasteiger partial charge in [-0.25, -0.2) is 9.78 Å². The number of carbonyl (C=O) groups is 1. The Morgan fingerprint density at radius 2 is 2.31 bits per heavy atom. The van der Waals surface area contributed by atoms with Crippen molar-refractivity contribution in [3.05, 3.63) is 11.1 Å². The van der Waals surface area contributed by atoms with Crippen molar-refractivity contribution in [1.82, 2.24) is 4.98 Å². The Balaban J connectivity index is 2.80. The first kappa shape index (κ1) is 13.0. The van der Waals surface area contributed by atoms with E-state index in [0.29, 0.717) is 17.6 Å². The van der Waals surface area contributed by atoms with Crippen molar-refractivity contribution in [3.63, 3.8) is 0 Å². The highest BCUT2D eigenvalue weighted by Gasteiger charge is 2.16. The van der Waals surface area contributed by atoms with Crippen LogP contribution in [0.4, 0.5) is 9.93 Å². The van der Waals surface area contributed by atoms with Gasteiger partial charge in [0, 0.05) is 17.6 Å². The summed E-state index contributed by atoms with van der Waals surface area (Å²) in [5.74, 6) is 0.437. The number of hydrogen-bond donors (Lipinski definition) is 1. The number of nitrogens with zero attached hydrogens (tertiary/aromatic N) is 2. The maximum absolute atomic E-state index is 11.3. The summed E-state index contributed by atoms with van der Waals surface area (Å²) < 4.78 is 0. The number of primary amides is 1. The van der Waals surface area contributed by atoms with E-state index in [1.54, 1.807) is 16.2 Å². The first-order valence-corrected chi connectivity index (χ1v) is 6.40. The van der Waals surface area contributed by atoms with Crippen molar-refractivity contribution in [3.8, 4) is 0 Å². The number of nitrogens with two attached hydrogens (primary N) is 1. The molecule has 0 aliphatic heterocycles.